The van der Waals surface area contributed by atoms with Gasteiger partial charge in [-0.05, 0) is 39.2 Å². The van der Waals surface area contributed by atoms with E-state index in [1.54, 1.807) is 0 Å². The van der Waals surface area contributed by atoms with Crippen LogP contribution < -0.4 is 0 Å². The summed E-state index contributed by atoms with van der Waals surface area (Å²) in [4.78, 5) is 26.1. The van der Waals surface area contributed by atoms with Gasteiger partial charge in [-0.2, -0.15) is 0 Å². The zero-order valence-corrected chi connectivity index (χ0v) is 13.2. The molecule has 0 aliphatic carbocycles. The van der Waals surface area contributed by atoms with Crippen molar-refractivity contribution in [1.82, 2.24) is 9.47 Å². The smallest absolute Gasteiger partial charge is 0.242 e. The Morgan fingerprint density at radius 3 is 2.82 bits per heavy atom. The number of aromatic nitrogens is 1. The van der Waals surface area contributed by atoms with Gasteiger partial charge in [-0.25, -0.2) is 0 Å². The molecule has 0 radical (unpaired) electrons. The Hall–Kier alpha value is -2.10. The molecule has 1 fully saturated rings. The molecular weight excluding hydrogens is 276 g/mol. The first-order chi connectivity index (χ1) is 10.6. The van der Waals surface area contributed by atoms with Crippen molar-refractivity contribution in [3.8, 4) is 0 Å². The average molecular weight is 298 g/mol. The fraction of sp³-hybridized carbons (Fsp3) is 0.444. The van der Waals surface area contributed by atoms with Gasteiger partial charge in [-0.1, -0.05) is 18.2 Å². The molecule has 0 bridgehead atoms. The van der Waals surface area contributed by atoms with E-state index in [0.29, 0.717) is 18.2 Å². The summed E-state index contributed by atoms with van der Waals surface area (Å²) >= 11 is 0. The highest BCUT2D eigenvalue weighted by Crippen LogP contribution is 2.25. The average Bonchev–Trinajstić information content (AvgIpc) is 2.79. The number of amides is 1. The van der Waals surface area contributed by atoms with E-state index in [0.717, 1.165) is 42.3 Å². The number of rotatable bonds is 3. The number of likely N-dealkylation sites (tertiary alicyclic amines) is 1. The number of nitrogens with zero attached hydrogens (tertiary/aromatic N) is 2. The lowest BCUT2D eigenvalue weighted by molar-refractivity contribution is -0.135. The van der Waals surface area contributed by atoms with E-state index < -0.39 is 0 Å². The molecule has 0 N–H and O–H groups in total. The summed E-state index contributed by atoms with van der Waals surface area (Å²) in [5, 5.41) is 0.925. The highest BCUT2D eigenvalue weighted by atomic mass is 16.2. The predicted octanol–water partition coefficient (Wildman–Crippen LogP) is 3.16. The molecule has 4 nitrogen and oxygen atoms in total. The van der Waals surface area contributed by atoms with Crippen LogP contribution in [0.5, 0.6) is 0 Å². The van der Waals surface area contributed by atoms with E-state index in [9.17, 15) is 9.59 Å². The third-order valence-corrected chi connectivity index (χ3v) is 4.81. The summed E-state index contributed by atoms with van der Waals surface area (Å²) in [7, 11) is 0. The van der Waals surface area contributed by atoms with Gasteiger partial charge in [0.15, 0.2) is 6.29 Å². The monoisotopic (exact) mass is 298 g/mol. The summed E-state index contributed by atoms with van der Waals surface area (Å²) in [5.41, 5.74) is 2.52. The van der Waals surface area contributed by atoms with Crippen molar-refractivity contribution in [2.75, 3.05) is 6.54 Å². The number of benzene rings is 1. The van der Waals surface area contributed by atoms with Crippen LogP contribution in [0.4, 0.5) is 0 Å². The Balaban J connectivity index is 1.95. The topological polar surface area (TPSA) is 42.3 Å². The van der Waals surface area contributed by atoms with Gasteiger partial charge in [-0.15, -0.1) is 0 Å². The molecule has 116 valence electrons. The lowest BCUT2D eigenvalue weighted by atomic mass is 10.0. The van der Waals surface area contributed by atoms with Crippen molar-refractivity contribution in [2.24, 2.45) is 0 Å². The molecule has 4 heteroatoms. The molecule has 2 aromatic rings. The SMILES string of the molecule is Cc1c(C=O)c2ccccc2n1CC(=O)N1CCCCC1C. The molecule has 1 saturated heterocycles. The van der Waals surface area contributed by atoms with Gasteiger partial charge in [0.05, 0.1) is 0 Å². The van der Waals surface area contributed by atoms with Crippen molar-refractivity contribution >= 4 is 23.1 Å². The molecule has 1 aliphatic rings. The van der Waals surface area contributed by atoms with Crippen molar-refractivity contribution in [3.63, 3.8) is 0 Å². The quantitative estimate of drug-likeness (QED) is 0.817. The minimum absolute atomic E-state index is 0.147. The molecule has 1 aromatic heterocycles. The standard InChI is InChI=1S/C18H22N2O2/c1-13-7-5-6-10-19(13)18(22)11-20-14(2)16(12-21)15-8-3-4-9-17(15)20/h3-4,8-9,12-13H,5-7,10-11H2,1-2H3. The zero-order valence-electron chi connectivity index (χ0n) is 13.2. The van der Waals surface area contributed by atoms with E-state index in [1.807, 2.05) is 40.7 Å². The Morgan fingerprint density at radius 1 is 1.32 bits per heavy atom. The van der Waals surface area contributed by atoms with E-state index in [2.05, 4.69) is 6.92 Å². The fourth-order valence-corrected chi connectivity index (χ4v) is 3.50. The summed E-state index contributed by atoms with van der Waals surface area (Å²) in [6.45, 7) is 5.19. The second-order valence-electron chi connectivity index (χ2n) is 6.15. The van der Waals surface area contributed by atoms with Gasteiger partial charge in [0.25, 0.3) is 0 Å². The van der Waals surface area contributed by atoms with Crippen LogP contribution in [0, 0.1) is 6.92 Å². The summed E-state index contributed by atoms with van der Waals surface area (Å²) in [6.07, 6.45) is 4.26. The minimum atomic E-state index is 0.147. The van der Waals surface area contributed by atoms with Crippen molar-refractivity contribution < 1.29 is 9.59 Å². The van der Waals surface area contributed by atoms with E-state index >= 15 is 0 Å². The van der Waals surface area contributed by atoms with Crippen molar-refractivity contribution in [1.29, 1.82) is 0 Å². The third kappa shape index (κ3) is 2.43. The lowest BCUT2D eigenvalue weighted by Gasteiger charge is -2.33. The molecule has 1 amide bonds. The second-order valence-corrected chi connectivity index (χ2v) is 6.15. The normalized spacial score (nSPS) is 18.6. The number of fused-ring (bicyclic) bond motifs is 1. The Labute approximate surface area is 130 Å². The van der Waals surface area contributed by atoms with Gasteiger partial charge < -0.3 is 9.47 Å². The van der Waals surface area contributed by atoms with Crippen molar-refractivity contribution in [2.45, 2.75) is 45.7 Å². The largest absolute Gasteiger partial charge is 0.338 e. The Morgan fingerprint density at radius 2 is 2.09 bits per heavy atom. The molecule has 1 aliphatic heterocycles. The summed E-state index contributed by atoms with van der Waals surface area (Å²) in [6, 6.07) is 8.10. The zero-order chi connectivity index (χ0) is 15.7. The van der Waals surface area contributed by atoms with Crippen LogP contribution in [-0.2, 0) is 11.3 Å². The first kappa shape index (κ1) is 14.8. The van der Waals surface area contributed by atoms with Gasteiger partial charge in [-0.3, -0.25) is 9.59 Å². The number of piperidine rings is 1. The third-order valence-electron chi connectivity index (χ3n) is 4.81. The molecular formula is C18H22N2O2. The number of hydrogen-bond donors (Lipinski definition) is 0. The molecule has 0 saturated carbocycles. The molecule has 3 rings (SSSR count). The Bertz CT molecular complexity index is 717. The minimum Gasteiger partial charge on any atom is -0.338 e. The number of para-hydroxylation sites is 1. The van der Waals surface area contributed by atoms with E-state index in [4.69, 9.17) is 0 Å². The van der Waals surface area contributed by atoms with Gasteiger partial charge >= 0.3 is 0 Å². The van der Waals surface area contributed by atoms with Crippen LogP contribution in [0.25, 0.3) is 10.9 Å². The first-order valence-electron chi connectivity index (χ1n) is 7.96. The number of carbonyl (C=O) groups excluding carboxylic acids is 2. The summed E-state index contributed by atoms with van der Waals surface area (Å²) < 4.78 is 1.97. The second kappa shape index (κ2) is 5.95. The predicted molar refractivity (Wildman–Crippen MR) is 87.1 cm³/mol. The maximum absolute atomic E-state index is 12.7. The molecule has 1 aromatic carbocycles. The van der Waals surface area contributed by atoms with Crippen LogP contribution >= 0.6 is 0 Å². The maximum Gasteiger partial charge on any atom is 0.242 e. The fourth-order valence-electron chi connectivity index (χ4n) is 3.50. The maximum atomic E-state index is 12.7. The Kier molecular flexibility index (Phi) is 4.01. The molecule has 1 atom stereocenters. The highest BCUT2D eigenvalue weighted by Gasteiger charge is 2.24. The first-order valence-corrected chi connectivity index (χ1v) is 7.96. The van der Waals surface area contributed by atoms with Crippen LogP contribution in [0.1, 0.15) is 42.2 Å². The van der Waals surface area contributed by atoms with Crippen LogP contribution in [0.2, 0.25) is 0 Å². The lowest BCUT2D eigenvalue weighted by Crippen LogP contribution is -2.43. The van der Waals surface area contributed by atoms with Gasteiger partial charge in [0.2, 0.25) is 5.91 Å². The number of carbonyl (C=O) groups is 2. The molecule has 2 heterocycles. The summed E-state index contributed by atoms with van der Waals surface area (Å²) in [5.74, 6) is 0.147. The van der Waals surface area contributed by atoms with Gasteiger partial charge in [0.1, 0.15) is 6.54 Å². The van der Waals surface area contributed by atoms with E-state index in [-0.39, 0.29) is 5.91 Å². The van der Waals surface area contributed by atoms with Crippen LogP contribution in [0.15, 0.2) is 24.3 Å². The number of hydrogen-bond acceptors (Lipinski definition) is 2. The highest BCUT2D eigenvalue weighted by molar-refractivity contribution is 5.99. The van der Waals surface area contributed by atoms with Crippen molar-refractivity contribution in [3.05, 3.63) is 35.5 Å². The van der Waals surface area contributed by atoms with E-state index in [1.165, 1.54) is 6.42 Å². The molecule has 1 unspecified atom stereocenters. The van der Waals surface area contributed by atoms with Gasteiger partial charge in [0, 0.05) is 34.7 Å². The van der Waals surface area contributed by atoms with Crippen LogP contribution in [0.3, 0.4) is 0 Å². The van der Waals surface area contributed by atoms with Crippen LogP contribution in [-0.4, -0.2) is 34.2 Å². The molecule has 22 heavy (non-hydrogen) atoms. The number of aldehydes is 1. The molecule has 0 spiro atoms.